The van der Waals surface area contributed by atoms with Crippen molar-refractivity contribution >= 4 is 21.5 Å². The first kappa shape index (κ1) is 9.91. The summed E-state index contributed by atoms with van der Waals surface area (Å²) in [5.41, 5.74) is 1.26. The summed E-state index contributed by atoms with van der Waals surface area (Å²) in [7, 11) is -1.63. The first-order chi connectivity index (χ1) is 8.37. The fraction of sp³-hybridized carbons (Fsp3) is 0.231. The van der Waals surface area contributed by atoms with E-state index in [0.717, 1.165) is 13.2 Å². The monoisotopic (exact) mass is 247 g/mol. The third-order valence-electron chi connectivity index (χ3n) is 3.24. The summed E-state index contributed by atoms with van der Waals surface area (Å²) in [6.07, 6.45) is 0. The molecule has 1 atom stereocenters. The minimum Gasteiger partial charge on any atom is -0.265 e. The average Bonchev–Trinajstić information content (AvgIpc) is 2.97. The maximum Gasteiger partial charge on any atom is 0.100 e. The van der Waals surface area contributed by atoms with Gasteiger partial charge in [0.2, 0.25) is 0 Å². The van der Waals surface area contributed by atoms with Gasteiger partial charge in [0.15, 0.2) is 0 Å². The van der Waals surface area contributed by atoms with Gasteiger partial charge in [-0.2, -0.15) is 0 Å². The molecular weight excluding hydrogens is 234 g/mol. The standard InChI is InChI=1S/C13H13NO2S/c1-2-4-11-8-13-12(7-10(11)3-1)9-16-17(13)14-5-6-15-17/h1-4,7-8,14H,5-6,9H2. The highest BCUT2D eigenvalue weighted by atomic mass is 32.3. The summed E-state index contributed by atoms with van der Waals surface area (Å²) in [5.74, 6) is 0. The zero-order chi connectivity index (χ0) is 11.3. The van der Waals surface area contributed by atoms with Crippen LogP contribution in [0.4, 0.5) is 0 Å². The third-order valence-corrected chi connectivity index (χ3v) is 5.73. The Kier molecular flexibility index (Phi) is 2.02. The van der Waals surface area contributed by atoms with Crippen LogP contribution < -0.4 is 4.72 Å². The summed E-state index contributed by atoms with van der Waals surface area (Å²) < 4.78 is 15.1. The topological polar surface area (TPSA) is 30.5 Å². The second-order valence-corrected chi connectivity index (χ2v) is 6.50. The predicted molar refractivity (Wildman–Crippen MR) is 68.5 cm³/mol. The fourth-order valence-electron chi connectivity index (χ4n) is 2.43. The maximum atomic E-state index is 5.89. The van der Waals surface area contributed by atoms with E-state index in [1.54, 1.807) is 0 Å². The molecule has 0 saturated carbocycles. The van der Waals surface area contributed by atoms with Crippen LogP contribution >= 0.6 is 10.8 Å². The SMILES string of the molecule is c1ccc2cc3c(cc2c1)COS31NCCO1. The van der Waals surface area contributed by atoms with Crippen molar-refractivity contribution in [2.75, 3.05) is 13.2 Å². The minimum absolute atomic E-state index is 0.655. The zero-order valence-electron chi connectivity index (χ0n) is 9.31. The summed E-state index contributed by atoms with van der Waals surface area (Å²) in [4.78, 5) is 1.22. The van der Waals surface area contributed by atoms with Gasteiger partial charge in [-0.25, -0.2) is 4.72 Å². The van der Waals surface area contributed by atoms with Crippen LogP contribution in [-0.4, -0.2) is 13.2 Å². The zero-order valence-corrected chi connectivity index (χ0v) is 10.1. The van der Waals surface area contributed by atoms with Gasteiger partial charge < -0.3 is 0 Å². The number of nitrogens with one attached hydrogen (secondary N) is 1. The molecular formula is C13H13NO2S. The lowest BCUT2D eigenvalue weighted by Crippen LogP contribution is -2.13. The molecule has 2 aromatic carbocycles. The van der Waals surface area contributed by atoms with Gasteiger partial charge in [0.25, 0.3) is 0 Å². The van der Waals surface area contributed by atoms with E-state index in [9.17, 15) is 0 Å². The highest BCUT2D eigenvalue weighted by Gasteiger charge is 2.36. The first-order valence-corrected chi connectivity index (χ1v) is 7.24. The molecule has 1 unspecified atom stereocenters. The fourth-order valence-corrected chi connectivity index (χ4v) is 4.79. The van der Waals surface area contributed by atoms with Crippen molar-refractivity contribution in [3.8, 4) is 0 Å². The molecule has 2 heterocycles. The molecule has 0 radical (unpaired) electrons. The predicted octanol–water partition coefficient (Wildman–Crippen LogP) is 2.90. The molecule has 1 spiro atoms. The number of hydrogen-bond acceptors (Lipinski definition) is 3. The third kappa shape index (κ3) is 1.35. The van der Waals surface area contributed by atoms with E-state index in [1.165, 1.54) is 21.2 Å². The van der Waals surface area contributed by atoms with Gasteiger partial charge in [0.1, 0.15) is 6.61 Å². The molecule has 0 aliphatic carbocycles. The van der Waals surface area contributed by atoms with Gasteiger partial charge in [0.05, 0.1) is 11.5 Å². The van der Waals surface area contributed by atoms with Gasteiger partial charge in [-0.15, -0.1) is 10.8 Å². The summed E-state index contributed by atoms with van der Waals surface area (Å²) in [6, 6.07) is 12.8. The molecule has 1 fully saturated rings. The van der Waals surface area contributed by atoms with Crippen molar-refractivity contribution in [3.05, 3.63) is 42.0 Å². The van der Waals surface area contributed by atoms with Gasteiger partial charge in [-0.05, 0) is 22.9 Å². The van der Waals surface area contributed by atoms with Crippen LogP contribution in [0.1, 0.15) is 5.56 Å². The largest absolute Gasteiger partial charge is 0.265 e. The summed E-state index contributed by atoms with van der Waals surface area (Å²) in [6.45, 7) is 2.27. The van der Waals surface area contributed by atoms with E-state index in [4.69, 9.17) is 8.37 Å². The Balaban J connectivity index is 1.96. The Morgan fingerprint density at radius 1 is 1.06 bits per heavy atom. The molecule has 4 rings (SSSR count). The summed E-state index contributed by atoms with van der Waals surface area (Å²) in [5, 5.41) is 2.52. The van der Waals surface area contributed by atoms with E-state index in [0.29, 0.717) is 6.61 Å². The second kappa shape index (κ2) is 3.46. The lowest BCUT2D eigenvalue weighted by atomic mass is 10.1. The molecule has 1 N–H and O–H groups in total. The molecule has 2 aromatic rings. The Bertz CT molecular complexity index is 593. The van der Waals surface area contributed by atoms with Crippen molar-refractivity contribution in [2.45, 2.75) is 11.5 Å². The van der Waals surface area contributed by atoms with E-state index in [1.807, 2.05) is 0 Å². The van der Waals surface area contributed by atoms with Crippen molar-refractivity contribution in [1.29, 1.82) is 0 Å². The molecule has 17 heavy (non-hydrogen) atoms. The lowest BCUT2D eigenvalue weighted by molar-refractivity contribution is 0.290. The number of rotatable bonds is 0. The van der Waals surface area contributed by atoms with Gasteiger partial charge >= 0.3 is 0 Å². The summed E-state index contributed by atoms with van der Waals surface area (Å²) >= 11 is 0. The molecule has 2 aliphatic heterocycles. The Morgan fingerprint density at radius 3 is 2.65 bits per heavy atom. The molecule has 1 saturated heterocycles. The molecule has 88 valence electrons. The van der Waals surface area contributed by atoms with Crippen LogP contribution in [0.15, 0.2) is 41.3 Å². The first-order valence-electron chi connectivity index (χ1n) is 5.76. The average molecular weight is 247 g/mol. The smallest absolute Gasteiger partial charge is 0.100 e. The number of hydrogen-bond donors (Lipinski definition) is 1. The Labute approximate surface area is 102 Å². The minimum atomic E-state index is -1.63. The molecule has 3 nitrogen and oxygen atoms in total. The van der Waals surface area contributed by atoms with Crippen molar-refractivity contribution < 1.29 is 8.37 Å². The van der Waals surface area contributed by atoms with E-state index < -0.39 is 10.8 Å². The van der Waals surface area contributed by atoms with Crippen LogP contribution in [0.3, 0.4) is 0 Å². The molecule has 0 aromatic heterocycles. The highest BCUT2D eigenvalue weighted by molar-refractivity contribution is 8.24. The van der Waals surface area contributed by atoms with Crippen LogP contribution in [0.2, 0.25) is 0 Å². The molecule has 0 amide bonds. The lowest BCUT2D eigenvalue weighted by Gasteiger charge is -2.33. The van der Waals surface area contributed by atoms with Crippen LogP contribution in [0.25, 0.3) is 10.8 Å². The van der Waals surface area contributed by atoms with Gasteiger partial charge in [0, 0.05) is 12.1 Å². The quantitative estimate of drug-likeness (QED) is 0.776. The van der Waals surface area contributed by atoms with Crippen molar-refractivity contribution in [3.63, 3.8) is 0 Å². The Hall–Kier alpha value is -1.07. The van der Waals surface area contributed by atoms with Crippen LogP contribution in [0, 0.1) is 0 Å². The Morgan fingerprint density at radius 2 is 1.88 bits per heavy atom. The van der Waals surface area contributed by atoms with E-state index in [-0.39, 0.29) is 0 Å². The molecule has 2 aliphatic rings. The highest BCUT2D eigenvalue weighted by Crippen LogP contribution is 2.62. The van der Waals surface area contributed by atoms with Crippen LogP contribution in [-0.2, 0) is 15.0 Å². The van der Waals surface area contributed by atoms with Crippen LogP contribution in [0.5, 0.6) is 0 Å². The number of fused-ring (bicyclic) bond motifs is 3. The number of benzene rings is 2. The maximum absolute atomic E-state index is 5.89. The van der Waals surface area contributed by atoms with E-state index in [2.05, 4.69) is 41.1 Å². The van der Waals surface area contributed by atoms with Gasteiger partial charge in [-0.1, -0.05) is 24.3 Å². The van der Waals surface area contributed by atoms with E-state index >= 15 is 0 Å². The second-order valence-electron chi connectivity index (χ2n) is 4.29. The van der Waals surface area contributed by atoms with Gasteiger partial charge in [-0.3, -0.25) is 8.37 Å². The normalized spacial score (nSPS) is 30.6. The molecule has 4 heteroatoms. The van der Waals surface area contributed by atoms with Crippen molar-refractivity contribution in [1.82, 2.24) is 4.72 Å². The molecule has 0 bridgehead atoms. The van der Waals surface area contributed by atoms with Crippen molar-refractivity contribution in [2.24, 2.45) is 0 Å².